The van der Waals surface area contributed by atoms with Crippen molar-refractivity contribution in [1.29, 1.82) is 0 Å². The minimum absolute atomic E-state index is 0.250. The average molecular weight is 350 g/mol. The highest BCUT2D eigenvalue weighted by atomic mass is 32.1. The highest BCUT2D eigenvalue weighted by Gasteiger charge is 2.22. The van der Waals surface area contributed by atoms with Crippen LogP contribution in [0.2, 0.25) is 0 Å². The number of benzene rings is 2. The Morgan fingerprint density at radius 1 is 1.16 bits per heavy atom. The van der Waals surface area contributed by atoms with Gasteiger partial charge in [0, 0.05) is 18.2 Å². The average Bonchev–Trinajstić information content (AvgIpc) is 3.07. The second kappa shape index (κ2) is 6.96. The second-order valence-electron chi connectivity index (χ2n) is 6.79. The van der Waals surface area contributed by atoms with E-state index in [-0.39, 0.29) is 5.91 Å². The van der Waals surface area contributed by atoms with Gasteiger partial charge >= 0.3 is 0 Å². The van der Waals surface area contributed by atoms with Gasteiger partial charge in [-0.05, 0) is 43.9 Å². The van der Waals surface area contributed by atoms with Crippen molar-refractivity contribution in [2.75, 3.05) is 6.54 Å². The quantitative estimate of drug-likeness (QED) is 0.672. The Morgan fingerprint density at radius 2 is 1.96 bits per heavy atom. The lowest BCUT2D eigenvalue weighted by Gasteiger charge is -2.33. The molecule has 0 radical (unpaired) electrons. The molecule has 0 N–H and O–H groups in total. The van der Waals surface area contributed by atoms with E-state index in [0.29, 0.717) is 12.5 Å². The van der Waals surface area contributed by atoms with Crippen LogP contribution in [0.1, 0.15) is 31.7 Å². The summed E-state index contributed by atoms with van der Waals surface area (Å²) in [6, 6.07) is 16.9. The first-order chi connectivity index (χ1) is 12.2. The largest absolute Gasteiger partial charge is 0.340 e. The number of piperidine rings is 1. The first-order valence-corrected chi connectivity index (χ1v) is 9.77. The maximum absolute atomic E-state index is 12.6. The van der Waals surface area contributed by atoms with Gasteiger partial charge in [0.15, 0.2) is 0 Å². The molecule has 2 aromatic carbocycles. The van der Waals surface area contributed by atoms with Crippen molar-refractivity contribution in [3.8, 4) is 10.6 Å². The summed E-state index contributed by atoms with van der Waals surface area (Å²) in [6.07, 6.45) is 3.99. The van der Waals surface area contributed by atoms with Gasteiger partial charge in [0.1, 0.15) is 5.01 Å². The van der Waals surface area contributed by atoms with Crippen LogP contribution in [0, 0.1) is 0 Å². The lowest BCUT2D eigenvalue weighted by molar-refractivity contribution is -0.133. The van der Waals surface area contributed by atoms with Gasteiger partial charge in [-0.25, -0.2) is 4.98 Å². The molecule has 4 rings (SSSR count). The first-order valence-electron chi connectivity index (χ1n) is 8.95. The molecular weight excluding hydrogens is 328 g/mol. The maximum atomic E-state index is 12.6. The molecule has 128 valence electrons. The number of nitrogens with zero attached hydrogens (tertiary/aromatic N) is 2. The van der Waals surface area contributed by atoms with Crippen LogP contribution in [0.25, 0.3) is 20.8 Å². The summed E-state index contributed by atoms with van der Waals surface area (Å²) in [6.45, 7) is 3.07. The predicted molar refractivity (Wildman–Crippen MR) is 104 cm³/mol. The van der Waals surface area contributed by atoms with Crippen LogP contribution in [0.5, 0.6) is 0 Å². The van der Waals surface area contributed by atoms with E-state index in [2.05, 4.69) is 37.3 Å². The van der Waals surface area contributed by atoms with E-state index in [9.17, 15) is 4.79 Å². The van der Waals surface area contributed by atoms with Crippen molar-refractivity contribution in [3.63, 3.8) is 0 Å². The predicted octanol–water partition coefficient (Wildman–Crippen LogP) is 4.91. The van der Waals surface area contributed by atoms with E-state index >= 15 is 0 Å². The van der Waals surface area contributed by atoms with Crippen LogP contribution in [0.15, 0.2) is 48.5 Å². The van der Waals surface area contributed by atoms with Crippen LogP contribution in [0.3, 0.4) is 0 Å². The Bertz CT molecular complexity index is 851. The monoisotopic (exact) mass is 350 g/mol. The number of hydrogen-bond acceptors (Lipinski definition) is 3. The van der Waals surface area contributed by atoms with Crippen molar-refractivity contribution in [2.45, 2.75) is 38.6 Å². The number of hydrogen-bond donors (Lipinski definition) is 0. The first kappa shape index (κ1) is 16.3. The van der Waals surface area contributed by atoms with Crippen molar-refractivity contribution < 1.29 is 4.79 Å². The van der Waals surface area contributed by atoms with Gasteiger partial charge in [-0.1, -0.05) is 36.4 Å². The molecule has 2 heterocycles. The number of aromatic nitrogens is 1. The van der Waals surface area contributed by atoms with Gasteiger partial charge in [-0.2, -0.15) is 0 Å². The number of rotatable bonds is 3. The van der Waals surface area contributed by atoms with Crippen molar-refractivity contribution in [1.82, 2.24) is 9.88 Å². The number of carbonyl (C=O) groups excluding carboxylic acids is 1. The molecule has 1 aliphatic rings. The van der Waals surface area contributed by atoms with Crippen LogP contribution < -0.4 is 0 Å². The minimum Gasteiger partial charge on any atom is -0.340 e. The van der Waals surface area contributed by atoms with Gasteiger partial charge in [0.05, 0.1) is 16.6 Å². The van der Waals surface area contributed by atoms with E-state index in [0.717, 1.165) is 41.0 Å². The summed E-state index contributed by atoms with van der Waals surface area (Å²) < 4.78 is 1.20. The SMILES string of the molecule is C[C@@H]1CCCCN1C(=O)Cc1ccc(-c2nc3ccccc3s2)cc1. The number of fused-ring (bicyclic) bond motifs is 1. The normalized spacial score (nSPS) is 17.8. The lowest BCUT2D eigenvalue weighted by atomic mass is 10.0. The Kier molecular flexibility index (Phi) is 4.53. The Hall–Kier alpha value is -2.20. The van der Waals surface area contributed by atoms with E-state index in [1.165, 1.54) is 11.1 Å². The maximum Gasteiger partial charge on any atom is 0.227 e. The highest BCUT2D eigenvalue weighted by molar-refractivity contribution is 7.21. The number of likely N-dealkylation sites (tertiary alicyclic amines) is 1. The fourth-order valence-corrected chi connectivity index (χ4v) is 4.48. The molecule has 1 amide bonds. The molecule has 0 aliphatic carbocycles. The van der Waals surface area contributed by atoms with Crippen LogP contribution in [-0.4, -0.2) is 28.4 Å². The fraction of sp³-hybridized carbons (Fsp3) is 0.333. The Balaban J connectivity index is 1.49. The zero-order valence-electron chi connectivity index (χ0n) is 14.4. The summed E-state index contributed by atoms with van der Waals surface area (Å²) in [7, 11) is 0. The summed E-state index contributed by atoms with van der Waals surface area (Å²) >= 11 is 1.71. The molecule has 1 fully saturated rings. The lowest BCUT2D eigenvalue weighted by Crippen LogP contribution is -2.42. The molecule has 1 saturated heterocycles. The zero-order valence-corrected chi connectivity index (χ0v) is 15.3. The third-order valence-corrected chi connectivity index (χ3v) is 6.06. The number of carbonyl (C=O) groups is 1. The van der Waals surface area contributed by atoms with Gasteiger partial charge < -0.3 is 4.90 Å². The van der Waals surface area contributed by atoms with E-state index in [1.54, 1.807) is 11.3 Å². The number of thiazole rings is 1. The fourth-order valence-electron chi connectivity index (χ4n) is 3.51. The van der Waals surface area contributed by atoms with E-state index < -0.39 is 0 Å². The molecule has 0 bridgehead atoms. The summed E-state index contributed by atoms with van der Waals surface area (Å²) in [4.78, 5) is 19.3. The zero-order chi connectivity index (χ0) is 17.2. The molecular formula is C21H22N2OS. The van der Waals surface area contributed by atoms with Gasteiger partial charge in [-0.15, -0.1) is 11.3 Å². The Labute approximate surface area is 152 Å². The van der Waals surface area contributed by atoms with Crippen molar-refractivity contribution in [2.24, 2.45) is 0 Å². The molecule has 3 nitrogen and oxygen atoms in total. The van der Waals surface area contributed by atoms with Gasteiger partial charge in [0.25, 0.3) is 0 Å². The highest BCUT2D eigenvalue weighted by Crippen LogP contribution is 2.30. The van der Waals surface area contributed by atoms with Gasteiger partial charge in [-0.3, -0.25) is 4.79 Å². The van der Waals surface area contributed by atoms with Crippen molar-refractivity contribution in [3.05, 3.63) is 54.1 Å². The second-order valence-corrected chi connectivity index (χ2v) is 7.82. The molecule has 4 heteroatoms. The molecule has 1 aromatic heterocycles. The molecule has 0 unspecified atom stereocenters. The molecule has 1 aliphatic heterocycles. The summed E-state index contributed by atoms with van der Waals surface area (Å²) in [5, 5.41) is 1.03. The van der Waals surface area contributed by atoms with Crippen LogP contribution in [-0.2, 0) is 11.2 Å². The molecule has 0 spiro atoms. The van der Waals surface area contributed by atoms with E-state index in [1.807, 2.05) is 23.1 Å². The smallest absolute Gasteiger partial charge is 0.227 e. The summed E-state index contributed by atoms with van der Waals surface area (Å²) in [5.41, 5.74) is 3.23. The minimum atomic E-state index is 0.250. The summed E-state index contributed by atoms with van der Waals surface area (Å²) in [5.74, 6) is 0.250. The standard InChI is InChI=1S/C21H22N2OS/c1-15-6-4-5-13-23(15)20(24)14-16-9-11-17(12-10-16)21-22-18-7-2-3-8-19(18)25-21/h2-3,7-12,15H,4-6,13-14H2,1H3/t15-/m1/s1. The van der Waals surface area contributed by atoms with Crippen molar-refractivity contribution >= 4 is 27.5 Å². The molecule has 25 heavy (non-hydrogen) atoms. The third-order valence-electron chi connectivity index (χ3n) is 4.97. The van der Waals surface area contributed by atoms with Crippen LogP contribution in [0.4, 0.5) is 0 Å². The van der Waals surface area contributed by atoms with Crippen LogP contribution >= 0.6 is 11.3 Å². The molecule has 3 aromatic rings. The third kappa shape index (κ3) is 3.45. The topological polar surface area (TPSA) is 33.2 Å². The van der Waals surface area contributed by atoms with E-state index in [4.69, 9.17) is 4.98 Å². The Morgan fingerprint density at radius 3 is 2.72 bits per heavy atom. The molecule has 1 atom stereocenters. The van der Waals surface area contributed by atoms with Gasteiger partial charge in [0.2, 0.25) is 5.91 Å². The number of para-hydroxylation sites is 1. The molecule has 0 saturated carbocycles. The number of amides is 1.